The predicted molar refractivity (Wildman–Crippen MR) is 91.1 cm³/mol. The van der Waals surface area contributed by atoms with Crippen molar-refractivity contribution in [1.29, 1.82) is 0 Å². The van der Waals surface area contributed by atoms with Crippen LogP contribution in [0.15, 0.2) is 30.3 Å². The Hall–Kier alpha value is -0.900. The van der Waals surface area contributed by atoms with Gasteiger partial charge in [0.25, 0.3) is 0 Å². The van der Waals surface area contributed by atoms with Gasteiger partial charge in [0.2, 0.25) is 0 Å². The van der Waals surface area contributed by atoms with Gasteiger partial charge >= 0.3 is 0 Å². The molecule has 0 saturated carbocycles. The molecule has 0 radical (unpaired) electrons. The number of likely N-dealkylation sites (N-methyl/N-ethyl adjacent to an activating group) is 1. The first-order valence-corrected chi connectivity index (χ1v) is 8.85. The number of hydrogen-bond donors (Lipinski definition) is 1. The molecule has 2 aliphatic heterocycles. The fourth-order valence-electron chi connectivity index (χ4n) is 4.45. The third kappa shape index (κ3) is 3.53. The molecule has 0 amide bonds. The molecule has 2 saturated heterocycles. The molecular weight excluding hydrogens is 272 g/mol. The van der Waals surface area contributed by atoms with E-state index in [1.165, 1.54) is 37.9 Å². The second-order valence-electron chi connectivity index (χ2n) is 7.20. The molecule has 0 aromatic heterocycles. The van der Waals surface area contributed by atoms with E-state index in [0.29, 0.717) is 17.9 Å². The Balaban J connectivity index is 1.72. The lowest BCUT2D eigenvalue weighted by molar-refractivity contribution is 0.0122. The summed E-state index contributed by atoms with van der Waals surface area (Å²) in [4.78, 5) is 5.08. The van der Waals surface area contributed by atoms with E-state index in [9.17, 15) is 0 Å². The minimum absolute atomic E-state index is 0.292. The maximum Gasteiger partial charge on any atom is 0.0558 e. The molecule has 0 aliphatic carbocycles. The Morgan fingerprint density at radius 1 is 1.14 bits per heavy atom. The predicted octanol–water partition coefficient (Wildman–Crippen LogP) is 2.57. The molecule has 0 unspecified atom stereocenters. The summed E-state index contributed by atoms with van der Waals surface area (Å²) < 4.78 is 0. The topological polar surface area (TPSA) is 26.7 Å². The minimum atomic E-state index is 0.292. The minimum Gasteiger partial charge on any atom is -0.395 e. The van der Waals surface area contributed by atoms with Crippen LogP contribution in [0, 0.1) is 5.41 Å². The highest BCUT2D eigenvalue weighted by Crippen LogP contribution is 2.44. The number of β-amino-alcohol motifs (C(OH)–C–C–N with tert-alkyl or cyclic N) is 1. The molecule has 2 fully saturated rings. The first-order chi connectivity index (χ1) is 10.7. The van der Waals surface area contributed by atoms with E-state index in [1.807, 2.05) is 0 Å². The van der Waals surface area contributed by atoms with Crippen molar-refractivity contribution in [1.82, 2.24) is 9.80 Å². The molecule has 122 valence electrons. The summed E-state index contributed by atoms with van der Waals surface area (Å²) in [5.41, 5.74) is 2.00. The fraction of sp³-hybridized carbons (Fsp3) is 0.684. The first kappa shape index (κ1) is 16.0. The van der Waals surface area contributed by atoms with Crippen LogP contribution in [0.5, 0.6) is 0 Å². The van der Waals surface area contributed by atoms with Crippen molar-refractivity contribution in [3.05, 3.63) is 35.9 Å². The molecule has 3 heteroatoms. The van der Waals surface area contributed by atoms with Gasteiger partial charge in [0.1, 0.15) is 0 Å². The lowest BCUT2D eigenvalue weighted by atomic mass is 9.68. The Kier molecular flexibility index (Phi) is 5.17. The number of hydrogen-bond acceptors (Lipinski definition) is 3. The van der Waals surface area contributed by atoms with Crippen LogP contribution >= 0.6 is 0 Å². The zero-order valence-corrected chi connectivity index (χ0v) is 13.9. The number of nitrogens with zero attached hydrogens (tertiary/aromatic N) is 2. The van der Waals surface area contributed by atoms with E-state index in [2.05, 4.69) is 47.1 Å². The van der Waals surface area contributed by atoms with E-state index in [4.69, 9.17) is 5.11 Å². The summed E-state index contributed by atoms with van der Waals surface area (Å²) in [6.45, 7) is 9.37. The van der Waals surface area contributed by atoms with E-state index in [0.717, 1.165) is 26.2 Å². The highest BCUT2D eigenvalue weighted by Gasteiger charge is 2.41. The average Bonchev–Trinajstić information content (AvgIpc) is 2.58. The van der Waals surface area contributed by atoms with Gasteiger partial charge in [0.15, 0.2) is 0 Å². The molecule has 1 aromatic rings. The number of benzene rings is 1. The summed E-state index contributed by atoms with van der Waals surface area (Å²) in [6.07, 6.45) is 3.90. The maximum absolute atomic E-state index is 9.14. The van der Waals surface area contributed by atoms with Crippen molar-refractivity contribution in [2.45, 2.75) is 32.1 Å². The van der Waals surface area contributed by atoms with Crippen LogP contribution in [0.2, 0.25) is 0 Å². The van der Waals surface area contributed by atoms with E-state index in [-0.39, 0.29) is 0 Å². The molecule has 3 nitrogen and oxygen atoms in total. The number of aliphatic hydroxyl groups is 1. The maximum atomic E-state index is 9.14. The Bertz CT molecular complexity index is 454. The summed E-state index contributed by atoms with van der Waals surface area (Å²) in [7, 11) is 0. The Morgan fingerprint density at radius 2 is 1.86 bits per heavy atom. The summed E-state index contributed by atoms with van der Waals surface area (Å²) >= 11 is 0. The van der Waals surface area contributed by atoms with Crippen LogP contribution in [-0.4, -0.2) is 60.8 Å². The second kappa shape index (κ2) is 7.12. The quantitative estimate of drug-likeness (QED) is 0.926. The monoisotopic (exact) mass is 302 g/mol. The molecule has 0 bridgehead atoms. The van der Waals surface area contributed by atoms with Gasteiger partial charge in [-0.05, 0) is 55.8 Å². The number of rotatable bonds is 4. The highest BCUT2D eigenvalue weighted by atomic mass is 16.3. The molecular formula is C19H30N2O. The largest absolute Gasteiger partial charge is 0.395 e. The van der Waals surface area contributed by atoms with E-state index in [1.54, 1.807) is 0 Å². The van der Waals surface area contributed by atoms with E-state index < -0.39 is 0 Å². The summed E-state index contributed by atoms with van der Waals surface area (Å²) in [5.74, 6) is 0.680. The van der Waals surface area contributed by atoms with Crippen LogP contribution in [0.25, 0.3) is 0 Å². The molecule has 3 rings (SSSR count). The molecule has 1 N–H and O–H groups in total. The smallest absolute Gasteiger partial charge is 0.0558 e. The van der Waals surface area contributed by atoms with Gasteiger partial charge in [-0.2, -0.15) is 0 Å². The molecule has 2 heterocycles. The molecule has 2 aliphatic rings. The Morgan fingerprint density at radius 3 is 2.50 bits per heavy atom. The zero-order valence-electron chi connectivity index (χ0n) is 13.9. The number of likely N-dealkylation sites (tertiary alicyclic amines) is 2. The number of piperidine rings is 2. The highest BCUT2D eigenvalue weighted by molar-refractivity contribution is 5.21. The van der Waals surface area contributed by atoms with Crippen LogP contribution in [0.3, 0.4) is 0 Å². The van der Waals surface area contributed by atoms with Crippen LogP contribution < -0.4 is 0 Å². The van der Waals surface area contributed by atoms with Gasteiger partial charge in [-0.1, -0.05) is 37.3 Å². The zero-order chi connectivity index (χ0) is 15.4. The van der Waals surface area contributed by atoms with Crippen molar-refractivity contribution < 1.29 is 5.11 Å². The van der Waals surface area contributed by atoms with Crippen molar-refractivity contribution >= 4 is 0 Å². The van der Waals surface area contributed by atoms with Crippen molar-refractivity contribution in [2.75, 3.05) is 45.9 Å². The standard InChI is InChI=1S/C19H30N2O/c1-2-20-15-18(17-6-4-3-5-7-17)14-19(16-20)8-10-21(11-9-19)12-13-22/h3-7,18,22H,2,8-16H2,1H3/t18-/m1/s1. The van der Waals surface area contributed by atoms with Crippen LogP contribution in [0.1, 0.15) is 37.7 Å². The molecule has 1 aromatic carbocycles. The SMILES string of the molecule is CCN1C[C@H](c2ccccc2)CC2(CCN(CCO)CC2)C1. The Labute approximate surface area is 134 Å². The van der Waals surface area contributed by atoms with Gasteiger partial charge in [-0.25, -0.2) is 0 Å². The summed E-state index contributed by atoms with van der Waals surface area (Å²) in [5, 5.41) is 9.14. The third-order valence-corrected chi connectivity index (χ3v) is 5.77. The van der Waals surface area contributed by atoms with Crippen molar-refractivity contribution in [2.24, 2.45) is 5.41 Å². The lowest BCUT2D eigenvalue weighted by Gasteiger charge is -2.50. The van der Waals surface area contributed by atoms with Gasteiger partial charge in [-0.15, -0.1) is 0 Å². The molecule has 1 spiro atoms. The lowest BCUT2D eigenvalue weighted by Crippen LogP contribution is -2.51. The van der Waals surface area contributed by atoms with Crippen LogP contribution in [-0.2, 0) is 0 Å². The molecule has 22 heavy (non-hydrogen) atoms. The second-order valence-corrected chi connectivity index (χ2v) is 7.20. The summed E-state index contributed by atoms with van der Waals surface area (Å²) in [6, 6.07) is 11.1. The third-order valence-electron chi connectivity index (χ3n) is 5.77. The van der Waals surface area contributed by atoms with Crippen LogP contribution in [0.4, 0.5) is 0 Å². The van der Waals surface area contributed by atoms with Gasteiger partial charge in [0.05, 0.1) is 6.61 Å². The van der Waals surface area contributed by atoms with Crippen molar-refractivity contribution in [3.63, 3.8) is 0 Å². The first-order valence-electron chi connectivity index (χ1n) is 8.85. The number of aliphatic hydroxyl groups excluding tert-OH is 1. The average molecular weight is 302 g/mol. The van der Waals surface area contributed by atoms with Gasteiger partial charge in [-0.3, -0.25) is 0 Å². The normalized spacial score (nSPS) is 26.4. The van der Waals surface area contributed by atoms with E-state index >= 15 is 0 Å². The molecule has 1 atom stereocenters. The van der Waals surface area contributed by atoms with Gasteiger partial charge < -0.3 is 14.9 Å². The van der Waals surface area contributed by atoms with Gasteiger partial charge in [0, 0.05) is 19.6 Å². The fourth-order valence-corrected chi connectivity index (χ4v) is 4.45. The van der Waals surface area contributed by atoms with Crippen molar-refractivity contribution in [3.8, 4) is 0 Å².